The minimum atomic E-state index is -1.61. The van der Waals surface area contributed by atoms with Crippen LogP contribution in [0.2, 0.25) is 0 Å². The van der Waals surface area contributed by atoms with Gasteiger partial charge in [-0.15, -0.1) is 0 Å². The SMILES string of the molecule is NC(N)=Nc1ccc2c(c1)CCCOc1cc(C(=O)N[C@@H](CC(=O)O)C(=O)O)ccc1OC2=O. The summed E-state index contributed by atoms with van der Waals surface area (Å²) in [6.07, 6.45) is 0.189. The third-order valence-electron chi connectivity index (χ3n) is 4.81. The van der Waals surface area contributed by atoms with Gasteiger partial charge in [-0.2, -0.15) is 0 Å². The first-order valence-corrected chi connectivity index (χ1v) is 10.1. The summed E-state index contributed by atoms with van der Waals surface area (Å²) >= 11 is 0. The van der Waals surface area contributed by atoms with E-state index in [2.05, 4.69) is 10.3 Å². The molecule has 1 aliphatic rings. The van der Waals surface area contributed by atoms with Gasteiger partial charge in [0.15, 0.2) is 17.5 Å². The summed E-state index contributed by atoms with van der Waals surface area (Å²) in [5.74, 6) is -4.28. The molecule has 0 unspecified atom stereocenters. The highest BCUT2D eigenvalue weighted by atomic mass is 16.6. The van der Waals surface area contributed by atoms with Crippen LogP contribution in [0.15, 0.2) is 41.4 Å². The quantitative estimate of drug-likeness (QED) is 0.174. The minimum absolute atomic E-state index is 0.00535. The monoisotopic (exact) mass is 470 g/mol. The van der Waals surface area contributed by atoms with E-state index in [1.54, 1.807) is 18.2 Å². The number of hydrogen-bond donors (Lipinski definition) is 5. The number of nitrogens with zero attached hydrogens (tertiary/aromatic N) is 1. The molecule has 12 nitrogen and oxygen atoms in total. The molecule has 34 heavy (non-hydrogen) atoms. The molecule has 0 saturated carbocycles. The number of hydrogen-bond acceptors (Lipinski definition) is 7. The lowest BCUT2D eigenvalue weighted by molar-refractivity contribution is -0.145. The number of nitrogens with one attached hydrogen (secondary N) is 1. The van der Waals surface area contributed by atoms with E-state index in [4.69, 9.17) is 31.2 Å². The molecule has 0 fully saturated rings. The molecule has 1 amide bonds. The normalized spacial score (nSPS) is 13.7. The number of nitrogens with two attached hydrogens (primary N) is 2. The predicted molar refractivity (Wildman–Crippen MR) is 118 cm³/mol. The summed E-state index contributed by atoms with van der Waals surface area (Å²) in [6.45, 7) is 0.221. The van der Waals surface area contributed by atoms with Crippen LogP contribution in [-0.4, -0.2) is 52.6 Å². The van der Waals surface area contributed by atoms with Gasteiger partial charge in [-0.3, -0.25) is 9.59 Å². The Kier molecular flexibility index (Phi) is 7.31. The van der Waals surface area contributed by atoms with Crippen molar-refractivity contribution in [3.05, 3.63) is 53.1 Å². The zero-order chi connectivity index (χ0) is 24.8. The zero-order valence-corrected chi connectivity index (χ0v) is 17.8. The average molecular weight is 470 g/mol. The number of benzene rings is 2. The largest absolute Gasteiger partial charge is 0.490 e. The molecule has 2 aromatic carbocycles. The number of carboxylic acids is 2. The highest BCUT2D eigenvalue weighted by Gasteiger charge is 2.25. The third kappa shape index (κ3) is 6.00. The fourth-order valence-electron chi connectivity index (χ4n) is 3.27. The van der Waals surface area contributed by atoms with Gasteiger partial charge < -0.3 is 36.5 Å². The van der Waals surface area contributed by atoms with Crippen LogP contribution in [-0.2, 0) is 16.0 Å². The third-order valence-corrected chi connectivity index (χ3v) is 4.81. The predicted octanol–water partition coefficient (Wildman–Crippen LogP) is 0.793. The lowest BCUT2D eigenvalue weighted by Gasteiger charge is -2.17. The number of amides is 1. The Labute approximate surface area is 193 Å². The molecule has 12 heteroatoms. The van der Waals surface area contributed by atoms with Crippen LogP contribution in [0, 0.1) is 0 Å². The Hall–Kier alpha value is -4.61. The van der Waals surface area contributed by atoms with Crippen LogP contribution in [0.25, 0.3) is 0 Å². The van der Waals surface area contributed by atoms with Gasteiger partial charge in [-0.05, 0) is 54.8 Å². The van der Waals surface area contributed by atoms with Gasteiger partial charge >= 0.3 is 17.9 Å². The van der Waals surface area contributed by atoms with Gasteiger partial charge in [0.25, 0.3) is 5.91 Å². The van der Waals surface area contributed by atoms with Gasteiger partial charge in [0.05, 0.1) is 24.3 Å². The molecule has 1 atom stereocenters. The standard InChI is InChI=1S/C22H22N4O8/c23-22(24)25-13-4-5-14-11(8-13)2-1-7-33-17-9-12(3-6-16(17)34-21(14)32)19(29)26-15(20(30)31)10-18(27)28/h3-6,8-9,15H,1-2,7,10H2,(H,26,29)(H,27,28)(H,30,31)(H4,23,24,25)/t15-/m0/s1. The molecule has 2 aromatic rings. The molecule has 1 heterocycles. The molecule has 3 rings (SSSR count). The average Bonchev–Trinajstić information content (AvgIpc) is 2.76. The maximum absolute atomic E-state index is 12.8. The van der Waals surface area contributed by atoms with Gasteiger partial charge in [-0.1, -0.05) is 0 Å². The number of aliphatic imine (C=N–C) groups is 1. The van der Waals surface area contributed by atoms with Gasteiger partial charge in [0.2, 0.25) is 0 Å². The van der Waals surface area contributed by atoms with E-state index in [9.17, 15) is 19.2 Å². The van der Waals surface area contributed by atoms with Crippen LogP contribution in [0.3, 0.4) is 0 Å². The van der Waals surface area contributed by atoms with E-state index in [0.717, 1.165) is 0 Å². The molecule has 0 aliphatic carbocycles. The summed E-state index contributed by atoms with van der Waals surface area (Å²) in [4.78, 5) is 51.3. The van der Waals surface area contributed by atoms with E-state index in [1.165, 1.54) is 18.2 Å². The Morgan fingerprint density at radius 3 is 2.53 bits per heavy atom. The van der Waals surface area contributed by atoms with E-state index in [0.29, 0.717) is 29.7 Å². The van der Waals surface area contributed by atoms with Crippen LogP contribution >= 0.6 is 0 Å². The number of rotatable bonds is 6. The smallest absolute Gasteiger partial charge is 0.343 e. The van der Waals surface area contributed by atoms with Crippen LogP contribution in [0.1, 0.15) is 39.1 Å². The van der Waals surface area contributed by atoms with E-state index in [1.807, 2.05) is 0 Å². The molecule has 0 aromatic heterocycles. The number of fused-ring (bicyclic) bond motifs is 2. The fraction of sp³-hybridized carbons (Fsp3) is 0.227. The number of carboxylic acid groups (broad SMARTS) is 2. The van der Waals surface area contributed by atoms with Crippen molar-refractivity contribution < 1.29 is 38.9 Å². The first-order chi connectivity index (χ1) is 16.1. The van der Waals surface area contributed by atoms with Crippen molar-refractivity contribution in [3.63, 3.8) is 0 Å². The maximum atomic E-state index is 12.8. The highest BCUT2D eigenvalue weighted by Crippen LogP contribution is 2.31. The summed E-state index contributed by atoms with van der Waals surface area (Å²) in [5, 5.41) is 20.1. The van der Waals surface area contributed by atoms with Crippen molar-refractivity contribution in [2.75, 3.05) is 6.61 Å². The first kappa shape index (κ1) is 24.0. The van der Waals surface area contributed by atoms with E-state index in [-0.39, 0.29) is 29.6 Å². The Morgan fingerprint density at radius 1 is 1.09 bits per heavy atom. The molecule has 0 saturated heterocycles. The fourth-order valence-corrected chi connectivity index (χ4v) is 3.27. The van der Waals surface area contributed by atoms with E-state index < -0.39 is 36.3 Å². The van der Waals surface area contributed by atoms with Crippen LogP contribution < -0.4 is 26.3 Å². The van der Waals surface area contributed by atoms with E-state index >= 15 is 0 Å². The summed E-state index contributed by atoms with van der Waals surface area (Å²) in [6, 6.07) is 7.13. The number of ether oxygens (including phenoxy) is 2. The van der Waals surface area contributed by atoms with Crippen molar-refractivity contribution in [3.8, 4) is 11.5 Å². The molecule has 178 valence electrons. The summed E-state index contributed by atoms with van der Waals surface area (Å²) in [5.41, 5.74) is 12.3. The number of carbonyl (C=O) groups is 4. The van der Waals surface area contributed by atoms with Crippen molar-refractivity contribution in [1.29, 1.82) is 0 Å². The molecule has 0 radical (unpaired) electrons. The second kappa shape index (κ2) is 10.3. The number of esters is 1. The Morgan fingerprint density at radius 2 is 1.85 bits per heavy atom. The lowest BCUT2D eigenvalue weighted by Crippen LogP contribution is -2.42. The van der Waals surface area contributed by atoms with Gasteiger partial charge in [0.1, 0.15) is 6.04 Å². The van der Waals surface area contributed by atoms with Gasteiger partial charge in [-0.25, -0.2) is 14.6 Å². The van der Waals surface area contributed by atoms with Crippen molar-refractivity contribution in [1.82, 2.24) is 5.32 Å². The van der Waals surface area contributed by atoms with Crippen molar-refractivity contribution in [2.24, 2.45) is 16.5 Å². The summed E-state index contributed by atoms with van der Waals surface area (Å²) in [7, 11) is 0. The molecular weight excluding hydrogens is 448 g/mol. The number of aryl methyl sites for hydroxylation is 1. The van der Waals surface area contributed by atoms with Crippen LogP contribution in [0.5, 0.6) is 11.5 Å². The van der Waals surface area contributed by atoms with Gasteiger partial charge in [0, 0.05) is 5.56 Å². The maximum Gasteiger partial charge on any atom is 0.343 e. The number of aliphatic carboxylic acids is 2. The minimum Gasteiger partial charge on any atom is -0.490 e. The van der Waals surface area contributed by atoms with Crippen molar-refractivity contribution in [2.45, 2.75) is 25.3 Å². The topological polar surface area (TPSA) is 204 Å². The lowest BCUT2D eigenvalue weighted by atomic mass is 10.0. The van der Waals surface area contributed by atoms with Crippen LogP contribution in [0.4, 0.5) is 5.69 Å². The Bertz CT molecular complexity index is 1170. The number of guanidine groups is 1. The summed E-state index contributed by atoms with van der Waals surface area (Å²) < 4.78 is 11.2. The Balaban J connectivity index is 1.85. The highest BCUT2D eigenvalue weighted by molar-refractivity contribution is 5.98. The molecule has 1 aliphatic heterocycles. The zero-order valence-electron chi connectivity index (χ0n) is 17.8. The molecular formula is C22H22N4O8. The molecule has 0 bridgehead atoms. The van der Waals surface area contributed by atoms with Crippen molar-refractivity contribution >= 4 is 35.5 Å². The molecule has 7 N–H and O–H groups in total. The number of carbonyl (C=O) groups excluding carboxylic acids is 2. The first-order valence-electron chi connectivity index (χ1n) is 10.1. The molecule has 0 spiro atoms. The second-order valence-corrected chi connectivity index (χ2v) is 7.34. The second-order valence-electron chi connectivity index (χ2n) is 7.34.